The fraction of sp³-hybridized carbons (Fsp3) is 0.609. The second-order valence-electron chi connectivity index (χ2n) is 8.70. The Morgan fingerprint density at radius 2 is 1.63 bits per heavy atom. The number of hydrogen-bond acceptors (Lipinski definition) is 5. The molecule has 0 atom stereocenters. The van der Waals surface area contributed by atoms with E-state index in [0.717, 1.165) is 30.5 Å². The fourth-order valence-corrected chi connectivity index (χ4v) is 4.46. The van der Waals surface area contributed by atoms with Crippen LogP contribution in [0.2, 0.25) is 0 Å². The molecule has 2 aromatic rings. The molecule has 30 heavy (non-hydrogen) atoms. The molecule has 0 saturated carbocycles. The third-order valence-corrected chi connectivity index (χ3v) is 5.82. The van der Waals surface area contributed by atoms with Gasteiger partial charge in [0.2, 0.25) is 5.75 Å². The molecule has 3 rings (SSSR count). The minimum Gasteiger partial charge on any atom is -0.493 e. The molecule has 0 radical (unpaired) electrons. The van der Waals surface area contributed by atoms with Gasteiger partial charge in [-0.25, -0.2) is 0 Å². The number of benzene rings is 1. The largest absolute Gasteiger partial charge is 0.493 e. The smallest absolute Gasteiger partial charge is 0.268 e. The summed E-state index contributed by atoms with van der Waals surface area (Å²) in [6, 6.07) is 3.74. The average Bonchev–Trinajstić information content (AvgIpc) is 2.86. The van der Waals surface area contributed by atoms with Gasteiger partial charge < -0.3 is 29.0 Å². The van der Waals surface area contributed by atoms with Crippen LogP contribution in [0.15, 0.2) is 12.1 Å². The first kappa shape index (κ1) is 22.3. The van der Waals surface area contributed by atoms with Crippen molar-refractivity contribution in [1.29, 1.82) is 0 Å². The highest BCUT2D eigenvalue weighted by Gasteiger charge is 2.28. The van der Waals surface area contributed by atoms with Gasteiger partial charge in [-0.15, -0.1) is 0 Å². The number of nitrogens with zero attached hydrogens (tertiary/aromatic N) is 2. The van der Waals surface area contributed by atoms with Crippen molar-refractivity contribution in [3.05, 3.63) is 17.8 Å². The number of methoxy groups -OCH3 is 3. The molecule has 0 unspecified atom stereocenters. The third kappa shape index (κ3) is 4.51. The molecule has 1 N–H and O–H groups in total. The summed E-state index contributed by atoms with van der Waals surface area (Å²) in [6.07, 6.45) is 5.06. The van der Waals surface area contributed by atoms with Crippen LogP contribution in [0.25, 0.3) is 10.9 Å². The molecule has 1 aliphatic heterocycles. The molecule has 0 aliphatic carbocycles. The van der Waals surface area contributed by atoms with Gasteiger partial charge in [0.1, 0.15) is 5.69 Å². The second-order valence-corrected chi connectivity index (χ2v) is 8.70. The van der Waals surface area contributed by atoms with Crippen molar-refractivity contribution >= 4 is 16.8 Å². The normalized spacial score (nSPS) is 15.7. The van der Waals surface area contributed by atoms with E-state index in [1.165, 1.54) is 25.7 Å². The average molecular weight is 418 g/mol. The van der Waals surface area contributed by atoms with Crippen LogP contribution in [0.3, 0.4) is 0 Å². The molecule has 1 aromatic heterocycles. The summed E-state index contributed by atoms with van der Waals surface area (Å²) in [5.74, 6) is 1.54. The number of hydrogen-bond donors (Lipinski definition) is 1. The first-order valence-electron chi connectivity index (χ1n) is 10.6. The van der Waals surface area contributed by atoms with Crippen LogP contribution < -0.4 is 19.5 Å². The van der Waals surface area contributed by atoms with E-state index in [2.05, 4.69) is 24.1 Å². The number of carbonyl (C=O) groups is 1. The van der Waals surface area contributed by atoms with E-state index in [1.54, 1.807) is 21.3 Å². The van der Waals surface area contributed by atoms with E-state index in [9.17, 15) is 4.79 Å². The minimum atomic E-state index is -0.336. The molecule has 1 aromatic carbocycles. The quantitative estimate of drug-likeness (QED) is 0.746. The van der Waals surface area contributed by atoms with Crippen molar-refractivity contribution in [2.75, 3.05) is 41.0 Å². The molecule has 166 valence electrons. The number of amides is 1. The Bertz CT molecular complexity index is 896. The highest BCUT2D eigenvalue weighted by molar-refractivity contribution is 6.02. The van der Waals surface area contributed by atoms with E-state index < -0.39 is 0 Å². The first-order chi connectivity index (χ1) is 14.3. The zero-order valence-electron chi connectivity index (χ0n) is 19.1. The summed E-state index contributed by atoms with van der Waals surface area (Å²) in [6.45, 7) is 7.22. The number of ether oxygens (including phenoxy) is 3. The zero-order valence-corrected chi connectivity index (χ0v) is 19.1. The fourth-order valence-electron chi connectivity index (χ4n) is 4.46. The van der Waals surface area contributed by atoms with Gasteiger partial charge in [-0.1, -0.05) is 12.8 Å². The Kier molecular flexibility index (Phi) is 6.81. The highest BCUT2D eigenvalue weighted by Crippen LogP contribution is 2.44. The van der Waals surface area contributed by atoms with Crippen LogP contribution in [-0.2, 0) is 7.05 Å². The van der Waals surface area contributed by atoms with Gasteiger partial charge in [0.15, 0.2) is 11.5 Å². The third-order valence-electron chi connectivity index (χ3n) is 5.82. The van der Waals surface area contributed by atoms with Gasteiger partial charge in [0.05, 0.1) is 26.8 Å². The van der Waals surface area contributed by atoms with Crippen LogP contribution in [0.4, 0.5) is 0 Å². The summed E-state index contributed by atoms with van der Waals surface area (Å²) in [4.78, 5) is 15.7. The zero-order chi connectivity index (χ0) is 21.9. The molecular weight excluding hydrogens is 382 g/mol. The van der Waals surface area contributed by atoms with Gasteiger partial charge in [0, 0.05) is 24.5 Å². The summed E-state index contributed by atoms with van der Waals surface area (Å²) in [7, 11) is 6.63. The number of nitrogens with one attached hydrogen (secondary N) is 1. The van der Waals surface area contributed by atoms with Gasteiger partial charge in [-0.3, -0.25) is 4.79 Å². The Labute approximate surface area is 179 Å². The van der Waals surface area contributed by atoms with E-state index in [4.69, 9.17) is 14.2 Å². The molecular formula is C23H35N3O4. The Balaban J connectivity index is 1.88. The van der Waals surface area contributed by atoms with Gasteiger partial charge in [0.25, 0.3) is 5.91 Å². The van der Waals surface area contributed by atoms with Crippen molar-refractivity contribution in [3.63, 3.8) is 0 Å². The summed E-state index contributed by atoms with van der Waals surface area (Å²) in [5.41, 5.74) is 1.03. The lowest BCUT2D eigenvalue weighted by Gasteiger charge is -2.33. The standard InChI is InChI=1S/C23H35N3O4/c1-23(2,15-26-11-9-7-8-10-12-26)24-22(27)17-13-16-14-18(28-4)20(29-5)21(30-6)19(16)25(17)3/h13-14H,7-12,15H2,1-6H3,(H,24,27). The minimum absolute atomic E-state index is 0.103. The molecule has 0 bridgehead atoms. The van der Waals surface area contributed by atoms with Crippen LogP contribution in [0, 0.1) is 0 Å². The van der Waals surface area contributed by atoms with E-state index >= 15 is 0 Å². The van der Waals surface area contributed by atoms with Crippen LogP contribution in [0.1, 0.15) is 50.0 Å². The SMILES string of the molecule is COc1cc2cc(C(=O)NC(C)(C)CN3CCCCCC3)n(C)c2c(OC)c1OC. The molecule has 0 spiro atoms. The summed E-state index contributed by atoms with van der Waals surface area (Å²) in [5, 5.41) is 4.10. The summed E-state index contributed by atoms with van der Waals surface area (Å²) < 4.78 is 18.4. The van der Waals surface area contributed by atoms with Crippen molar-refractivity contribution in [2.45, 2.75) is 45.1 Å². The monoisotopic (exact) mass is 417 g/mol. The topological polar surface area (TPSA) is 65.0 Å². The Morgan fingerprint density at radius 3 is 2.20 bits per heavy atom. The van der Waals surface area contributed by atoms with Crippen molar-refractivity contribution < 1.29 is 19.0 Å². The van der Waals surface area contributed by atoms with Crippen LogP contribution in [0.5, 0.6) is 17.2 Å². The molecule has 7 nitrogen and oxygen atoms in total. The lowest BCUT2D eigenvalue weighted by Crippen LogP contribution is -2.52. The lowest BCUT2D eigenvalue weighted by molar-refractivity contribution is 0.0880. The highest BCUT2D eigenvalue weighted by atomic mass is 16.5. The molecule has 1 amide bonds. The van der Waals surface area contributed by atoms with Gasteiger partial charge in [-0.05, 0) is 51.9 Å². The maximum Gasteiger partial charge on any atom is 0.268 e. The van der Waals surface area contributed by atoms with Crippen molar-refractivity contribution in [1.82, 2.24) is 14.8 Å². The number of carbonyl (C=O) groups excluding carboxylic acids is 1. The van der Waals surface area contributed by atoms with Crippen LogP contribution >= 0.6 is 0 Å². The maximum atomic E-state index is 13.2. The predicted molar refractivity (Wildman–Crippen MR) is 119 cm³/mol. The molecule has 7 heteroatoms. The van der Waals surface area contributed by atoms with Gasteiger partial charge in [-0.2, -0.15) is 0 Å². The Morgan fingerprint density at radius 1 is 1.00 bits per heavy atom. The maximum absolute atomic E-state index is 13.2. The Hall–Kier alpha value is -2.41. The molecule has 2 heterocycles. The summed E-state index contributed by atoms with van der Waals surface area (Å²) >= 11 is 0. The van der Waals surface area contributed by atoms with Crippen LogP contribution in [-0.4, -0.2) is 61.9 Å². The first-order valence-corrected chi connectivity index (χ1v) is 10.6. The molecule has 1 aliphatic rings. The lowest BCUT2D eigenvalue weighted by atomic mass is 10.0. The van der Waals surface area contributed by atoms with E-state index in [-0.39, 0.29) is 11.4 Å². The van der Waals surface area contributed by atoms with Crippen molar-refractivity contribution in [2.24, 2.45) is 7.05 Å². The number of fused-ring (bicyclic) bond motifs is 1. The van der Waals surface area contributed by atoms with E-state index in [0.29, 0.717) is 22.9 Å². The predicted octanol–water partition coefficient (Wildman–Crippen LogP) is 3.59. The molecule has 1 saturated heterocycles. The second kappa shape index (κ2) is 9.16. The number of aryl methyl sites for hydroxylation is 1. The van der Waals surface area contributed by atoms with E-state index in [1.807, 2.05) is 23.7 Å². The molecule has 1 fully saturated rings. The number of aromatic nitrogens is 1. The van der Waals surface area contributed by atoms with Crippen molar-refractivity contribution in [3.8, 4) is 17.2 Å². The number of rotatable bonds is 7. The van der Waals surface area contributed by atoms with Gasteiger partial charge >= 0.3 is 0 Å². The number of likely N-dealkylation sites (tertiary alicyclic amines) is 1.